The van der Waals surface area contributed by atoms with Crippen molar-refractivity contribution in [1.29, 1.82) is 0 Å². The quantitative estimate of drug-likeness (QED) is 0.660. The first-order valence-corrected chi connectivity index (χ1v) is 11.4. The van der Waals surface area contributed by atoms with Crippen LogP contribution < -0.4 is 5.32 Å². The van der Waals surface area contributed by atoms with Crippen molar-refractivity contribution in [1.82, 2.24) is 24.5 Å². The summed E-state index contributed by atoms with van der Waals surface area (Å²) >= 11 is 1.19. The average molecular weight is 433 g/mol. The summed E-state index contributed by atoms with van der Waals surface area (Å²) in [6.45, 7) is 0.609. The van der Waals surface area contributed by atoms with Gasteiger partial charge in [0.2, 0.25) is 5.91 Å². The number of carbonyl (C=O) groups excluding carboxylic acids is 1. The number of sulfonamides is 1. The molecule has 9 nitrogen and oxygen atoms in total. The van der Waals surface area contributed by atoms with Gasteiger partial charge in [0.15, 0.2) is 5.82 Å². The van der Waals surface area contributed by atoms with Crippen molar-refractivity contribution in [3.05, 3.63) is 41.8 Å². The highest BCUT2D eigenvalue weighted by Gasteiger charge is 2.33. The van der Waals surface area contributed by atoms with Crippen LogP contribution in [-0.4, -0.2) is 51.9 Å². The fraction of sp³-hybridized carbons (Fsp3) is 0.333. The van der Waals surface area contributed by atoms with Crippen molar-refractivity contribution in [3.8, 4) is 11.4 Å². The Kier molecular flexibility index (Phi) is 5.43. The molecule has 29 heavy (non-hydrogen) atoms. The molecule has 2 aromatic heterocycles. The molecular formula is C18H20N6O3S2. The molecule has 1 atom stereocenters. The molecule has 3 aromatic rings. The van der Waals surface area contributed by atoms with Crippen molar-refractivity contribution in [2.24, 2.45) is 13.0 Å². The molecule has 11 heteroatoms. The number of nitrogens with zero attached hydrogens (tertiary/aromatic N) is 5. The number of hydrogen-bond donors (Lipinski definition) is 1. The van der Waals surface area contributed by atoms with Gasteiger partial charge in [-0.15, -0.1) is 16.4 Å². The van der Waals surface area contributed by atoms with Gasteiger partial charge in [-0.1, -0.05) is 18.2 Å². The number of nitrogens with one attached hydrogen (secondary N) is 1. The van der Waals surface area contributed by atoms with Crippen LogP contribution in [0.15, 0.2) is 46.0 Å². The van der Waals surface area contributed by atoms with Crippen molar-refractivity contribution in [2.75, 3.05) is 18.4 Å². The lowest BCUT2D eigenvalue weighted by Crippen LogP contribution is -2.43. The van der Waals surface area contributed by atoms with E-state index in [9.17, 15) is 13.2 Å². The number of carbonyl (C=O) groups is 1. The number of aromatic nitrogens is 4. The van der Waals surface area contributed by atoms with E-state index < -0.39 is 15.9 Å². The predicted molar refractivity (Wildman–Crippen MR) is 109 cm³/mol. The molecule has 1 aliphatic heterocycles. The SMILES string of the molecule is Cn1nnnc1-c1cccc(NC(=O)C2CCCN(S(=O)(=O)c3cccs3)C2)c1. The van der Waals surface area contributed by atoms with E-state index in [1.807, 2.05) is 12.1 Å². The summed E-state index contributed by atoms with van der Waals surface area (Å²) in [5.74, 6) is -0.00469. The van der Waals surface area contributed by atoms with Crippen LogP contribution in [0.1, 0.15) is 12.8 Å². The van der Waals surface area contributed by atoms with Crippen LogP contribution >= 0.6 is 11.3 Å². The molecule has 3 heterocycles. The lowest BCUT2D eigenvalue weighted by atomic mass is 9.98. The monoisotopic (exact) mass is 432 g/mol. The minimum Gasteiger partial charge on any atom is -0.326 e. The minimum absolute atomic E-state index is 0.180. The van der Waals surface area contributed by atoms with Crippen LogP contribution in [-0.2, 0) is 21.9 Å². The molecule has 0 spiro atoms. The van der Waals surface area contributed by atoms with E-state index in [2.05, 4.69) is 20.8 Å². The summed E-state index contributed by atoms with van der Waals surface area (Å²) in [5, 5.41) is 16.1. The lowest BCUT2D eigenvalue weighted by Gasteiger charge is -2.30. The highest BCUT2D eigenvalue weighted by Crippen LogP contribution is 2.27. The molecule has 0 saturated carbocycles. The number of tetrazole rings is 1. The summed E-state index contributed by atoms with van der Waals surface area (Å²) in [5.41, 5.74) is 1.40. The molecule has 1 amide bonds. The predicted octanol–water partition coefficient (Wildman–Crippen LogP) is 1.98. The standard InChI is InChI=1S/C18H20N6O3S2/c1-23-17(20-21-22-23)13-5-2-7-15(11-13)19-18(25)14-6-3-9-24(12-14)29(26,27)16-8-4-10-28-16/h2,4-5,7-8,10-11,14H,3,6,9,12H2,1H3,(H,19,25). The molecule has 1 aromatic carbocycles. The van der Waals surface area contributed by atoms with Crippen LogP contribution in [0.2, 0.25) is 0 Å². The number of aryl methyl sites for hydroxylation is 1. The van der Waals surface area contributed by atoms with Crippen LogP contribution in [0.4, 0.5) is 5.69 Å². The molecule has 0 radical (unpaired) electrons. The molecule has 0 aliphatic carbocycles. The van der Waals surface area contributed by atoms with Gasteiger partial charge in [-0.3, -0.25) is 4.79 Å². The third-order valence-electron chi connectivity index (χ3n) is 4.85. The van der Waals surface area contributed by atoms with Crippen LogP contribution in [0.25, 0.3) is 11.4 Å². The van der Waals surface area contributed by atoms with Crippen LogP contribution in [0, 0.1) is 5.92 Å². The third-order valence-corrected chi connectivity index (χ3v) is 8.09. The molecule has 0 bridgehead atoms. The first-order chi connectivity index (χ1) is 13.9. The molecule has 152 valence electrons. The first-order valence-electron chi connectivity index (χ1n) is 9.12. The summed E-state index contributed by atoms with van der Waals surface area (Å²) < 4.78 is 28.8. The van der Waals surface area contributed by atoms with Crippen LogP contribution in [0.5, 0.6) is 0 Å². The lowest BCUT2D eigenvalue weighted by molar-refractivity contribution is -0.120. The van der Waals surface area contributed by atoms with E-state index >= 15 is 0 Å². The smallest absolute Gasteiger partial charge is 0.252 e. The van der Waals surface area contributed by atoms with Gasteiger partial charge in [-0.05, 0) is 46.8 Å². The van der Waals surface area contributed by atoms with Crippen molar-refractivity contribution in [3.63, 3.8) is 0 Å². The Hall–Kier alpha value is -2.63. The van der Waals surface area contributed by atoms with Crippen molar-refractivity contribution in [2.45, 2.75) is 17.1 Å². The summed E-state index contributed by atoms with van der Waals surface area (Å²) in [4.78, 5) is 12.8. The summed E-state index contributed by atoms with van der Waals surface area (Å²) in [6, 6.07) is 10.6. The number of piperidine rings is 1. The third kappa shape index (κ3) is 4.07. The zero-order valence-corrected chi connectivity index (χ0v) is 17.4. The summed E-state index contributed by atoms with van der Waals surface area (Å²) in [7, 11) is -1.81. The van der Waals surface area contributed by atoms with Gasteiger partial charge >= 0.3 is 0 Å². The van der Waals surface area contributed by atoms with E-state index in [0.717, 1.165) is 5.56 Å². The summed E-state index contributed by atoms with van der Waals surface area (Å²) in [6.07, 6.45) is 1.29. The Morgan fingerprint density at radius 2 is 2.14 bits per heavy atom. The second-order valence-electron chi connectivity index (χ2n) is 6.83. The second-order valence-corrected chi connectivity index (χ2v) is 9.94. The second kappa shape index (κ2) is 8.01. The number of hydrogen-bond acceptors (Lipinski definition) is 7. The largest absolute Gasteiger partial charge is 0.326 e. The van der Waals surface area contributed by atoms with Crippen molar-refractivity contribution >= 4 is 33.0 Å². The number of amides is 1. The number of thiophene rings is 1. The molecule has 1 fully saturated rings. The van der Waals surface area contributed by atoms with E-state index in [1.54, 1.807) is 41.4 Å². The minimum atomic E-state index is -3.55. The molecule has 1 saturated heterocycles. The fourth-order valence-electron chi connectivity index (χ4n) is 3.37. The highest BCUT2D eigenvalue weighted by molar-refractivity contribution is 7.91. The Morgan fingerprint density at radius 3 is 2.86 bits per heavy atom. The van der Waals surface area contributed by atoms with Gasteiger partial charge in [0.05, 0.1) is 5.92 Å². The highest BCUT2D eigenvalue weighted by atomic mass is 32.2. The van der Waals surface area contributed by atoms with Gasteiger partial charge in [0.1, 0.15) is 4.21 Å². The number of anilines is 1. The van der Waals surface area contributed by atoms with Gasteiger partial charge in [-0.2, -0.15) is 4.31 Å². The van der Waals surface area contributed by atoms with Gasteiger partial charge in [-0.25, -0.2) is 13.1 Å². The Morgan fingerprint density at radius 1 is 1.28 bits per heavy atom. The van der Waals surface area contributed by atoms with Gasteiger partial charge < -0.3 is 5.32 Å². The Labute approximate surface area is 172 Å². The van der Waals surface area contributed by atoms with E-state index in [-0.39, 0.29) is 12.5 Å². The van der Waals surface area contributed by atoms with Crippen molar-refractivity contribution < 1.29 is 13.2 Å². The Bertz CT molecular complexity index is 1110. The topological polar surface area (TPSA) is 110 Å². The maximum atomic E-state index is 12.8. The zero-order valence-electron chi connectivity index (χ0n) is 15.7. The molecular weight excluding hydrogens is 412 g/mol. The molecule has 1 unspecified atom stereocenters. The number of benzene rings is 1. The van der Waals surface area contributed by atoms with E-state index in [4.69, 9.17) is 0 Å². The zero-order chi connectivity index (χ0) is 20.4. The van der Waals surface area contributed by atoms with E-state index in [1.165, 1.54) is 15.6 Å². The van der Waals surface area contributed by atoms with E-state index in [0.29, 0.717) is 35.1 Å². The Balaban J connectivity index is 1.47. The molecule has 1 aliphatic rings. The number of rotatable bonds is 5. The van der Waals surface area contributed by atoms with Crippen LogP contribution in [0.3, 0.4) is 0 Å². The molecule has 4 rings (SSSR count). The average Bonchev–Trinajstić information content (AvgIpc) is 3.40. The molecule has 1 N–H and O–H groups in total. The maximum Gasteiger partial charge on any atom is 0.252 e. The maximum absolute atomic E-state index is 12.8. The fourth-order valence-corrected chi connectivity index (χ4v) is 6.03. The normalized spacial score (nSPS) is 17.9. The first kappa shape index (κ1) is 19.7. The van der Waals surface area contributed by atoms with Gasteiger partial charge in [0, 0.05) is 31.4 Å². The van der Waals surface area contributed by atoms with Gasteiger partial charge in [0.25, 0.3) is 10.0 Å².